The standard InChI is InChI=1S/C16H26N2O4/c1-4-17(5-2)12-7-9-18(10-8-12)15-14(13(19)11-22-15)16(20)21-6-3/h12H,4-11H2,1-3H3. The normalized spacial score (nSPS) is 19.8. The zero-order valence-corrected chi connectivity index (χ0v) is 13.8. The number of ketones is 1. The van der Waals surface area contributed by atoms with Crippen LogP contribution in [0.3, 0.4) is 0 Å². The molecule has 2 rings (SSSR count). The molecule has 2 aliphatic rings. The number of nitrogens with zero attached hydrogens (tertiary/aromatic N) is 2. The van der Waals surface area contributed by atoms with Crippen molar-refractivity contribution in [3.05, 3.63) is 11.5 Å². The van der Waals surface area contributed by atoms with Crippen LogP contribution in [-0.4, -0.2) is 67.0 Å². The van der Waals surface area contributed by atoms with Crippen molar-refractivity contribution in [2.24, 2.45) is 0 Å². The van der Waals surface area contributed by atoms with Gasteiger partial charge in [0, 0.05) is 19.1 Å². The predicted molar refractivity (Wildman–Crippen MR) is 82.1 cm³/mol. The molecule has 1 saturated heterocycles. The lowest BCUT2D eigenvalue weighted by Crippen LogP contribution is -2.44. The van der Waals surface area contributed by atoms with E-state index in [1.165, 1.54) is 0 Å². The van der Waals surface area contributed by atoms with Crippen molar-refractivity contribution in [3.63, 3.8) is 0 Å². The van der Waals surface area contributed by atoms with E-state index in [2.05, 4.69) is 18.7 Å². The Morgan fingerprint density at radius 3 is 2.45 bits per heavy atom. The average Bonchev–Trinajstić information content (AvgIpc) is 2.91. The Morgan fingerprint density at radius 1 is 1.27 bits per heavy atom. The predicted octanol–water partition coefficient (Wildman–Crippen LogP) is 1.17. The van der Waals surface area contributed by atoms with Crippen LogP contribution < -0.4 is 0 Å². The molecule has 124 valence electrons. The van der Waals surface area contributed by atoms with E-state index in [1.54, 1.807) is 6.92 Å². The number of likely N-dealkylation sites (tertiary alicyclic amines) is 1. The van der Waals surface area contributed by atoms with E-state index in [0.29, 0.717) is 11.9 Å². The van der Waals surface area contributed by atoms with Crippen LogP contribution in [0, 0.1) is 0 Å². The summed E-state index contributed by atoms with van der Waals surface area (Å²) in [4.78, 5) is 28.3. The van der Waals surface area contributed by atoms with Crippen LogP contribution in [0.2, 0.25) is 0 Å². The first kappa shape index (κ1) is 16.8. The quantitative estimate of drug-likeness (QED) is 0.542. The summed E-state index contributed by atoms with van der Waals surface area (Å²) < 4.78 is 10.5. The van der Waals surface area contributed by atoms with Gasteiger partial charge in [-0.3, -0.25) is 4.79 Å². The third kappa shape index (κ3) is 3.43. The van der Waals surface area contributed by atoms with Gasteiger partial charge in [-0.1, -0.05) is 13.8 Å². The van der Waals surface area contributed by atoms with Gasteiger partial charge in [-0.2, -0.15) is 0 Å². The summed E-state index contributed by atoms with van der Waals surface area (Å²) >= 11 is 0. The molecule has 0 saturated carbocycles. The maximum atomic E-state index is 12.0. The SMILES string of the molecule is CCOC(=O)C1=C(N2CCC(N(CC)CC)CC2)OCC1=O. The highest BCUT2D eigenvalue weighted by molar-refractivity contribution is 6.19. The highest BCUT2D eigenvalue weighted by atomic mass is 16.5. The molecule has 6 nitrogen and oxygen atoms in total. The molecular formula is C16H26N2O4. The molecule has 22 heavy (non-hydrogen) atoms. The van der Waals surface area contributed by atoms with Crippen LogP contribution in [0.5, 0.6) is 0 Å². The summed E-state index contributed by atoms with van der Waals surface area (Å²) in [6.07, 6.45) is 2.03. The molecule has 0 N–H and O–H groups in total. The van der Waals surface area contributed by atoms with E-state index >= 15 is 0 Å². The van der Waals surface area contributed by atoms with Crippen molar-refractivity contribution in [2.75, 3.05) is 39.4 Å². The highest BCUT2D eigenvalue weighted by Crippen LogP contribution is 2.26. The minimum Gasteiger partial charge on any atom is -0.470 e. The lowest BCUT2D eigenvalue weighted by atomic mass is 10.0. The Morgan fingerprint density at radius 2 is 1.91 bits per heavy atom. The van der Waals surface area contributed by atoms with Crippen LogP contribution in [0.4, 0.5) is 0 Å². The van der Waals surface area contributed by atoms with Gasteiger partial charge in [-0.15, -0.1) is 0 Å². The van der Waals surface area contributed by atoms with Gasteiger partial charge < -0.3 is 19.3 Å². The molecule has 1 fully saturated rings. The van der Waals surface area contributed by atoms with Crippen molar-refractivity contribution in [3.8, 4) is 0 Å². The second kappa shape index (κ2) is 7.63. The first-order chi connectivity index (χ1) is 10.6. The molecule has 0 aliphatic carbocycles. The zero-order valence-electron chi connectivity index (χ0n) is 13.8. The summed E-state index contributed by atoms with van der Waals surface area (Å²) in [5.74, 6) is -0.424. The van der Waals surface area contributed by atoms with E-state index in [0.717, 1.165) is 39.0 Å². The van der Waals surface area contributed by atoms with Gasteiger partial charge in [0.05, 0.1) is 6.61 Å². The fourth-order valence-corrected chi connectivity index (χ4v) is 3.23. The third-order valence-electron chi connectivity index (χ3n) is 4.39. The summed E-state index contributed by atoms with van der Waals surface area (Å²) in [5, 5.41) is 0. The first-order valence-corrected chi connectivity index (χ1v) is 8.18. The third-order valence-corrected chi connectivity index (χ3v) is 4.39. The smallest absolute Gasteiger partial charge is 0.347 e. The number of rotatable bonds is 6. The van der Waals surface area contributed by atoms with Crippen LogP contribution in [-0.2, 0) is 19.1 Å². The summed E-state index contributed by atoms with van der Waals surface area (Å²) in [5.41, 5.74) is 0.0862. The Balaban J connectivity index is 2.05. The molecule has 0 bridgehead atoms. The number of carbonyl (C=O) groups excluding carboxylic acids is 2. The van der Waals surface area contributed by atoms with Gasteiger partial charge in [0.1, 0.15) is 0 Å². The van der Waals surface area contributed by atoms with Gasteiger partial charge in [0.2, 0.25) is 11.7 Å². The lowest BCUT2D eigenvalue weighted by molar-refractivity contribution is -0.139. The number of hydrogen-bond donors (Lipinski definition) is 0. The summed E-state index contributed by atoms with van der Waals surface area (Å²) in [7, 11) is 0. The second-order valence-electron chi connectivity index (χ2n) is 5.55. The maximum Gasteiger partial charge on any atom is 0.347 e. The number of carbonyl (C=O) groups is 2. The molecule has 0 aromatic carbocycles. The fourth-order valence-electron chi connectivity index (χ4n) is 3.23. The lowest BCUT2D eigenvalue weighted by Gasteiger charge is -2.38. The molecule has 0 aromatic heterocycles. The van der Waals surface area contributed by atoms with Crippen molar-refractivity contribution < 1.29 is 19.1 Å². The molecule has 0 spiro atoms. The number of ether oxygens (including phenoxy) is 2. The van der Waals surface area contributed by atoms with Gasteiger partial charge >= 0.3 is 5.97 Å². The molecule has 2 heterocycles. The minimum absolute atomic E-state index is 0.0561. The largest absolute Gasteiger partial charge is 0.470 e. The Kier molecular flexibility index (Phi) is 5.83. The molecule has 0 aromatic rings. The molecule has 0 unspecified atom stereocenters. The molecule has 0 amide bonds. The van der Waals surface area contributed by atoms with Crippen LogP contribution in [0.15, 0.2) is 11.5 Å². The Hall–Kier alpha value is -1.56. The molecule has 0 atom stereocenters. The Labute approximate surface area is 132 Å². The van der Waals surface area contributed by atoms with E-state index in [4.69, 9.17) is 9.47 Å². The van der Waals surface area contributed by atoms with Gasteiger partial charge in [-0.05, 0) is 32.9 Å². The first-order valence-electron chi connectivity index (χ1n) is 8.18. The van der Waals surface area contributed by atoms with Crippen molar-refractivity contribution in [1.29, 1.82) is 0 Å². The monoisotopic (exact) mass is 310 g/mol. The fraction of sp³-hybridized carbons (Fsp3) is 0.750. The average molecular weight is 310 g/mol. The van der Waals surface area contributed by atoms with Crippen LogP contribution in [0.25, 0.3) is 0 Å². The summed E-state index contributed by atoms with van der Waals surface area (Å²) in [6.45, 7) is 9.98. The van der Waals surface area contributed by atoms with Crippen molar-refractivity contribution in [2.45, 2.75) is 39.7 Å². The van der Waals surface area contributed by atoms with E-state index in [9.17, 15) is 9.59 Å². The zero-order chi connectivity index (χ0) is 16.1. The summed E-state index contributed by atoms with van der Waals surface area (Å²) in [6, 6.07) is 0.565. The molecule has 0 radical (unpaired) electrons. The molecule has 6 heteroatoms. The highest BCUT2D eigenvalue weighted by Gasteiger charge is 2.36. The van der Waals surface area contributed by atoms with E-state index in [-0.39, 0.29) is 24.6 Å². The van der Waals surface area contributed by atoms with Crippen LogP contribution >= 0.6 is 0 Å². The van der Waals surface area contributed by atoms with Crippen molar-refractivity contribution >= 4 is 11.8 Å². The van der Waals surface area contributed by atoms with E-state index in [1.807, 2.05) is 4.90 Å². The van der Waals surface area contributed by atoms with Gasteiger partial charge in [0.25, 0.3) is 0 Å². The van der Waals surface area contributed by atoms with Gasteiger partial charge in [0.15, 0.2) is 12.2 Å². The number of Topliss-reactive ketones (excluding diaryl/α,β-unsaturated/α-hetero) is 1. The minimum atomic E-state index is -0.564. The van der Waals surface area contributed by atoms with Crippen LogP contribution in [0.1, 0.15) is 33.6 Å². The maximum absolute atomic E-state index is 12.0. The molecular weight excluding hydrogens is 284 g/mol. The van der Waals surface area contributed by atoms with Crippen molar-refractivity contribution in [1.82, 2.24) is 9.80 Å². The number of hydrogen-bond acceptors (Lipinski definition) is 6. The van der Waals surface area contributed by atoms with E-state index < -0.39 is 5.97 Å². The topological polar surface area (TPSA) is 59.1 Å². The second-order valence-corrected chi connectivity index (χ2v) is 5.55. The Bertz CT molecular complexity index is 449. The van der Waals surface area contributed by atoms with Gasteiger partial charge in [-0.25, -0.2) is 4.79 Å². The molecule has 2 aliphatic heterocycles. The number of esters is 1. The number of piperidine rings is 1.